The van der Waals surface area contributed by atoms with Crippen LogP contribution in [-0.4, -0.2) is 25.1 Å². The van der Waals surface area contributed by atoms with E-state index in [0.717, 1.165) is 14.0 Å². The first kappa shape index (κ1) is 19.2. The molecule has 1 atom stereocenters. The summed E-state index contributed by atoms with van der Waals surface area (Å²) in [6.07, 6.45) is -8.20. The number of benzene rings is 1. The van der Waals surface area contributed by atoms with Crippen molar-refractivity contribution < 1.29 is 35.5 Å². The summed E-state index contributed by atoms with van der Waals surface area (Å²) in [5.74, 6) is -11.5. The monoisotopic (exact) mass is 396 g/mol. The molecule has 0 aliphatic carbocycles. The third-order valence-electron chi connectivity index (χ3n) is 3.27. The van der Waals surface area contributed by atoms with Crippen molar-refractivity contribution in [2.45, 2.75) is 37.0 Å². The molecule has 0 aromatic heterocycles. The van der Waals surface area contributed by atoms with Gasteiger partial charge in [0, 0.05) is 11.6 Å². The fourth-order valence-corrected chi connectivity index (χ4v) is 2.61. The quantitative estimate of drug-likeness (QED) is 0.594. The zero-order valence-corrected chi connectivity index (χ0v) is 13.0. The van der Waals surface area contributed by atoms with E-state index in [2.05, 4.69) is 15.9 Å². The molecule has 0 heterocycles. The normalized spacial score (nSPS) is 16.5. The van der Waals surface area contributed by atoms with Crippen molar-refractivity contribution in [1.82, 2.24) is 0 Å². The number of ether oxygens (including phenoxy) is 1. The van der Waals surface area contributed by atoms with Gasteiger partial charge in [0.15, 0.2) is 0 Å². The first-order valence-corrected chi connectivity index (χ1v) is 6.70. The summed E-state index contributed by atoms with van der Waals surface area (Å²) in [5, 5.41) is 0. The van der Waals surface area contributed by atoms with Gasteiger partial charge in [0.1, 0.15) is 0 Å². The van der Waals surface area contributed by atoms with E-state index in [1.54, 1.807) is 0 Å². The third-order valence-corrected chi connectivity index (χ3v) is 3.96. The largest absolute Gasteiger partial charge is 0.459 e. The van der Waals surface area contributed by atoms with E-state index in [1.165, 1.54) is 24.3 Å². The van der Waals surface area contributed by atoms with Gasteiger partial charge in [-0.25, -0.2) is 0 Å². The highest BCUT2D eigenvalue weighted by molar-refractivity contribution is 9.10. The van der Waals surface area contributed by atoms with E-state index in [1.807, 2.05) is 0 Å². The van der Waals surface area contributed by atoms with Crippen LogP contribution >= 0.6 is 15.9 Å². The van der Waals surface area contributed by atoms with Gasteiger partial charge in [0.25, 0.3) is 0 Å². The van der Waals surface area contributed by atoms with Crippen molar-refractivity contribution in [2.75, 3.05) is 7.11 Å². The summed E-state index contributed by atoms with van der Waals surface area (Å²) >= 11 is 3.04. The Balaban J connectivity index is 3.26. The molecule has 1 aromatic carbocycles. The lowest BCUT2D eigenvalue weighted by molar-refractivity contribution is -0.362. The van der Waals surface area contributed by atoms with E-state index in [-0.39, 0.29) is 10.0 Å². The molecule has 126 valence electrons. The summed E-state index contributed by atoms with van der Waals surface area (Å²) in [5.41, 5.74) is -2.01. The summed E-state index contributed by atoms with van der Waals surface area (Å²) in [6, 6.07) is 5.70. The van der Waals surface area contributed by atoms with Gasteiger partial charge < -0.3 is 4.74 Å². The number of rotatable bonds is 5. The highest BCUT2D eigenvalue weighted by Gasteiger charge is 2.73. The second-order valence-electron chi connectivity index (χ2n) is 4.87. The summed E-state index contributed by atoms with van der Waals surface area (Å²) in [4.78, 5) is 0. The van der Waals surface area contributed by atoms with Gasteiger partial charge in [-0.2, -0.15) is 30.7 Å². The SMILES string of the molecule is COC(C)(CC(F)(F)C(F)(F)C(F)(F)F)c1ccccc1Br. The van der Waals surface area contributed by atoms with Gasteiger partial charge in [-0.15, -0.1) is 0 Å². The van der Waals surface area contributed by atoms with E-state index in [4.69, 9.17) is 4.74 Å². The van der Waals surface area contributed by atoms with Crippen LogP contribution in [0.2, 0.25) is 0 Å². The summed E-state index contributed by atoms with van der Waals surface area (Å²) < 4.78 is 95.1. The molecule has 0 spiro atoms. The molecule has 1 rings (SSSR count). The van der Waals surface area contributed by atoms with Gasteiger partial charge in [-0.3, -0.25) is 0 Å². The first-order chi connectivity index (χ1) is 9.78. The predicted octanol–water partition coefficient (Wildman–Crippen LogP) is 5.53. The Morgan fingerprint density at radius 3 is 1.91 bits per heavy atom. The van der Waals surface area contributed by atoms with Crippen LogP contribution in [0.4, 0.5) is 30.7 Å². The van der Waals surface area contributed by atoms with Crippen LogP contribution in [0.3, 0.4) is 0 Å². The number of methoxy groups -OCH3 is 1. The van der Waals surface area contributed by atoms with Gasteiger partial charge >= 0.3 is 18.0 Å². The Bertz CT molecular complexity index is 529. The lowest BCUT2D eigenvalue weighted by Crippen LogP contribution is -2.54. The van der Waals surface area contributed by atoms with E-state index < -0.39 is 30.0 Å². The zero-order valence-electron chi connectivity index (χ0n) is 11.4. The maximum atomic E-state index is 13.6. The molecule has 0 amide bonds. The molecule has 1 nitrogen and oxygen atoms in total. The van der Waals surface area contributed by atoms with Crippen LogP contribution in [0.25, 0.3) is 0 Å². The molecule has 0 saturated heterocycles. The number of halogens is 8. The Hall–Kier alpha value is -0.830. The van der Waals surface area contributed by atoms with Crippen LogP contribution in [0.15, 0.2) is 28.7 Å². The second kappa shape index (κ2) is 5.99. The Kier molecular flexibility index (Phi) is 5.23. The molecule has 0 bridgehead atoms. The van der Waals surface area contributed by atoms with Crippen LogP contribution in [-0.2, 0) is 10.3 Å². The number of hydrogen-bond donors (Lipinski definition) is 0. The molecule has 0 radical (unpaired) electrons. The average molecular weight is 397 g/mol. The average Bonchev–Trinajstić information content (AvgIpc) is 2.37. The van der Waals surface area contributed by atoms with Gasteiger partial charge in [0.2, 0.25) is 0 Å². The van der Waals surface area contributed by atoms with Gasteiger partial charge in [0.05, 0.1) is 12.0 Å². The molecule has 1 unspecified atom stereocenters. The van der Waals surface area contributed by atoms with Gasteiger partial charge in [-0.1, -0.05) is 34.1 Å². The van der Waals surface area contributed by atoms with Crippen molar-refractivity contribution >= 4 is 15.9 Å². The topological polar surface area (TPSA) is 9.23 Å². The van der Waals surface area contributed by atoms with Gasteiger partial charge in [-0.05, 0) is 18.6 Å². The van der Waals surface area contributed by atoms with Crippen molar-refractivity contribution in [2.24, 2.45) is 0 Å². The van der Waals surface area contributed by atoms with Crippen LogP contribution < -0.4 is 0 Å². The van der Waals surface area contributed by atoms with Crippen LogP contribution in [0.5, 0.6) is 0 Å². The van der Waals surface area contributed by atoms with Crippen molar-refractivity contribution in [3.05, 3.63) is 34.3 Å². The first-order valence-electron chi connectivity index (χ1n) is 5.91. The summed E-state index contributed by atoms with van der Waals surface area (Å²) in [7, 11) is 0.960. The molecule has 9 heteroatoms. The predicted molar refractivity (Wildman–Crippen MR) is 69.1 cm³/mol. The molecular formula is C13H12BrF7O. The fraction of sp³-hybridized carbons (Fsp3) is 0.538. The van der Waals surface area contributed by atoms with E-state index >= 15 is 0 Å². The lowest BCUT2D eigenvalue weighted by atomic mass is 9.87. The highest BCUT2D eigenvalue weighted by atomic mass is 79.9. The third kappa shape index (κ3) is 3.40. The maximum Gasteiger partial charge on any atom is 0.459 e. The molecule has 1 aromatic rings. The van der Waals surface area contributed by atoms with Crippen molar-refractivity contribution in [1.29, 1.82) is 0 Å². The molecule has 0 saturated carbocycles. The molecule has 0 fully saturated rings. The molecule has 0 aliphatic rings. The van der Waals surface area contributed by atoms with Crippen molar-refractivity contribution in [3.63, 3.8) is 0 Å². The Morgan fingerprint density at radius 1 is 1.00 bits per heavy atom. The fourth-order valence-electron chi connectivity index (χ4n) is 1.91. The minimum atomic E-state index is -6.36. The molecular weight excluding hydrogens is 385 g/mol. The van der Waals surface area contributed by atoms with E-state index in [0.29, 0.717) is 0 Å². The standard InChI is InChI=1S/C13H12BrF7O/c1-10(22-2,8-5-3-4-6-9(8)14)7-11(15,16)12(17,18)13(19,20)21/h3-6H,7H2,1-2H3. The smallest absolute Gasteiger partial charge is 0.374 e. The Labute approximate surface area is 130 Å². The minimum absolute atomic E-state index is 0.0372. The highest BCUT2D eigenvalue weighted by Crippen LogP contribution is 2.51. The van der Waals surface area contributed by atoms with Crippen LogP contribution in [0, 0.1) is 0 Å². The molecule has 22 heavy (non-hydrogen) atoms. The second-order valence-corrected chi connectivity index (χ2v) is 5.72. The molecule has 0 N–H and O–H groups in total. The minimum Gasteiger partial charge on any atom is -0.374 e. The van der Waals surface area contributed by atoms with E-state index in [9.17, 15) is 30.7 Å². The van der Waals surface area contributed by atoms with Crippen molar-refractivity contribution in [3.8, 4) is 0 Å². The summed E-state index contributed by atoms with van der Waals surface area (Å²) in [6.45, 7) is 1.02. The van der Waals surface area contributed by atoms with Crippen LogP contribution in [0.1, 0.15) is 18.9 Å². The number of alkyl halides is 7. The molecule has 0 aliphatic heterocycles. The zero-order chi connectivity index (χ0) is 17.4. The lowest BCUT2D eigenvalue weighted by Gasteiger charge is -2.36. The maximum absolute atomic E-state index is 13.6. The number of hydrogen-bond acceptors (Lipinski definition) is 1. The Morgan fingerprint density at radius 2 is 1.50 bits per heavy atom.